The third-order valence-corrected chi connectivity index (χ3v) is 3.77. The molecular weight excluding hydrogens is 280 g/mol. The van der Waals surface area contributed by atoms with Crippen LogP contribution in [0.5, 0.6) is 0 Å². The minimum absolute atomic E-state index is 0.412. The molecule has 5 heteroatoms. The number of rotatable bonds is 3. The summed E-state index contributed by atoms with van der Waals surface area (Å²) in [4.78, 5) is 14.5. The highest BCUT2D eigenvalue weighted by Gasteiger charge is 2.48. The smallest absolute Gasteiger partial charge is 0.341 e. The van der Waals surface area contributed by atoms with Crippen LogP contribution in [0.15, 0.2) is 30.3 Å². The van der Waals surface area contributed by atoms with Crippen molar-refractivity contribution in [1.82, 2.24) is 4.90 Å². The van der Waals surface area contributed by atoms with Crippen LogP contribution >= 0.6 is 0 Å². The second-order valence-corrected chi connectivity index (χ2v) is 6.86. The van der Waals surface area contributed by atoms with Gasteiger partial charge in [-0.1, -0.05) is 30.3 Å². The molecule has 0 amide bonds. The minimum atomic E-state index is -1.15. The highest BCUT2D eigenvalue weighted by molar-refractivity contribution is 5.80. The van der Waals surface area contributed by atoms with Gasteiger partial charge in [0.15, 0.2) is 5.60 Å². The van der Waals surface area contributed by atoms with E-state index in [4.69, 9.17) is 15.2 Å². The van der Waals surface area contributed by atoms with Crippen LogP contribution in [-0.4, -0.2) is 41.4 Å². The van der Waals surface area contributed by atoms with Crippen molar-refractivity contribution < 1.29 is 14.3 Å². The molecule has 2 N–H and O–H groups in total. The lowest BCUT2D eigenvalue weighted by atomic mass is 9.98. The van der Waals surface area contributed by atoms with Gasteiger partial charge in [0, 0.05) is 13.1 Å². The first kappa shape index (κ1) is 16.9. The molecule has 5 nitrogen and oxygen atoms in total. The highest BCUT2D eigenvalue weighted by Crippen LogP contribution is 2.27. The summed E-state index contributed by atoms with van der Waals surface area (Å²) in [6.07, 6.45) is -0.545. The van der Waals surface area contributed by atoms with Gasteiger partial charge in [0.05, 0.1) is 12.8 Å². The number of ether oxygens (including phenoxy) is 2. The third-order valence-electron chi connectivity index (χ3n) is 3.77. The van der Waals surface area contributed by atoms with Crippen LogP contribution in [0.2, 0.25) is 0 Å². The van der Waals surface area contributed by atoms with Crippen molar-refractivity contribution in [2.75, 3.05) is 13.2 Å². The van der Waals surface area contributed by atoms with Crippen molar-refractivity contribution in [2.45, 2.75) is 51.6 Å². The molecule has 122 valence electrons. The second-order valence-electron chi connectivity index (χ2n) is 6.86. The number of carbonyl (C=O) groups is 1. The summed E-state index contributed by atoms with van der Waals surface area (Å²) in [5.41, 5.74) is 5.77. The Kier molecular flexibility index (Phi) is 4.90. The maximum absolute atomic E-state index is 12.5. The Balaban J connectivity index is 2.11. The molecule has 2 unspecified atom stereocenters. The van der Waals surface area contributed by atoms with Crippen molar-refractivity contribution in [3.63, 3.8) is 0 Å². The average molecular weight is 306 g/mol. The van der Waals surface area contributed by atoms with E-state index in [1.54, 1.807) is 6.92 Å². The van der Waals surface area contributed by atoms with Crippen LogP contribution in [0.1, 0.15) is 33.3 Å². The molecule has 2 rings (SSSR count). The zero-order valence-electron chi connectivity index (χ0n) is 13.8. The number of hydrogen-bond donors (Lipinski definition) is 1. The van der Waals surface area contributed by atoms with Gasteiger partial charge in [0.25, 0.3) is 0 Å². The maximum atomic E-state index is 12.5. The number of carbonyl (C=O) groups excluding carboxylic acids is 1. The van der Waals surface area contributed by atoms with E-state index in [1.165, 1.54) is 0 Å². The molecule has 0 aliphatic carbocycles. The van der Waals surface area contributed by atoms with Crippen LogP contribution in [0.25, 0.3) is 0 Å². The summed E-state index contributed by atoms with van der Waals surface area (Å²) in [5.74, 6) is -0.412. The van der Waals surface area contributed by atoms with E-state index in [1.807, 2.05) is 51.1 Å². The quantitative estimate of drug-likeness (QED) is 0.864. The van der Waals surface area contributed by atoms with Crippen LogP contribution < -0.4 is 5.73 Å². The van der Waals surface area contributed by atoms with E-state index in [9.17, 15) is 4.79 Å². The van der Waals surface area contributed by atoms with Gasteiger partial charge in [-0.2, -0.15) is 0 Å². The van der Waals surface area contributed by atoms with Crippen LogP contribution in [-0.2, 0) is 20.8 Å². The van der Waals surface area contributed by atoms with Crippen molar-refractivity contribution in [3.8, 4) is 0 Å². The van der Waals surface area contributed by atoms with E-state index in [0.29, 0.717) is 19.7 Å². The van der Waals surface area contributed by atoms with E-state index in [-0.39, 0.29) is 0 Å². The largest absolute Gasteiger partial charge is 0.458 e. The molecule has 0 bridgehead atoms. The fourth-order valence-corrected chi connectivity index (χ4v) is 2.50. The summed E-state index contributed by atoms with van der Waals surface area (Å²) in [5, 5.41) is 0. The molecule has 1 saturated heterocycles. The zero-order valence-corrected chi connectivity index (χ0v) is 13.8. The first-order valence-corrected chi connectivity index (χ1v) is 7.63. The lowest BCUT2D eigenvalue weighted by molar-refractivity contribution is -0.202. The molecule has 0 radical (unpaired) electrons. The summed E-state index contributed by atoms with van der Waals surface area (Å²) < 4.78 is 11.2. The number of hydrogen-bond acceptors (Lipinski definition) is 5. The van der Waals surface area contributed by atoms with E-state index in [0.717, 1.165) is 5.56 Å². The topological polar surface area (TPSA) is 64.8 Å². The van der Waals surface area contributed by atoms with E-state index < -0.39 is 23.3 Å². The molecule has 1 heterocycles. The number of nitrogens with zero attached hydrogens (tertiary/aromatic N) is 1. The summed E-state index contributed by atoms with van der Waals surface area (Å²) in [7, 11) is 0. The van der Waals surface area contributed by atoms with Crippen LogP contribution in [0, 0.1) is 0 Å². The molecule has 0 spiro atoms. The van der Waals surface area contributed by atoms with Crippen molar-refractivity contribution >= 4 is 5.97 Å². The first-order chi connectivity index (χ1) is 10.2. The number of benzene rings is 1. The van der Waals surface area contributed by atoms with Gasteiger partial charge in [0.2, 0.25) is 0 Å². The molecule has 1 aliphatic rings. The number of esters is 1. The number of nitrogens with two attached hydrogens (primary N) is 1. The predicted octanol–water partition coefficient (Wildman–Crippen LogP) is 1.90. The van der Waals surface area contributed by atoms with E-state index >= 15 is 0 Å². The lowest BCUT2D eigenvalue weighted by Crippen LogP contribution is -2.66. The molecule has 1 aliphatic heterocycles. The fraction of sp³-hybridized carbons (Fsp3) is 0.588. The predicted molar refractivity (Wildman–Crippen MR) is 85.0 cm³/mol. The molecule has 22 heavy (non-hydrogen) atoms. The molecule has 1 fully saturated rings. The second kappa shape index (κ2) is 6.36. The Morgan fingerprint density at radius 3 is 2.64 bits per heavy atom. The maximum Gasteiger partial charge on any atom is 0.341 e. The standard InChI is InChI=1S/C17H26N2O3/c1-16(2,3)22-15(20)17(4)14(18)19(10-11-21-17)12-13-8-6-5-7-9-13/h5-9,14H,10-12,18H2,1-4H3. The van der Waals surface area contributed by atoms with Gasteiger partial charge in [-0.3, -0.25) is 4.90 Å². The molecule has 0 aromatic heterocycles. The number of morpholine rings is 1. The highest BCUT2D eigenvalue weighted by atomic mass is 16.6. The normalized spacial score (nSPS) is 26.7. The minimum Gasteiger partial charge on any atom is -0.458 e. The summed E-state index contributed by atoms with van der Waals surface area (Å²) >= 11 is 0. The summed E-state index contributed by atoms with van der Waals surface area (Å²) in [6, 6.07) is 10.1. The van der Waals surface area contributed by atoms with Crippen molar-refractivity contribution in [1.29, 1.82) is 0 Å². The molecule has 2 atom stereocenters. The Hall–Kier alpha value is -1.43. The van der Waals surface area contributed by atoms with Gasteiger partial charge in [-0.05, 0) is 33.3 Å². The van der Waals surface area contributed by atoms with Gasteiger partial charge >= 0.3 is 5.97 Å². The van der Waals surface area contributed by atoms with Crippen molar-refractivity contribution in [3.05, 3.63) is 35.9 Å². The Morgan fingerprint density at radius 2 is 2.05 bits per heavy atom. The molecule has 0 saturated carbocycles. The Labute approximate surface area is 132 Å². The average Bonchev–Trinajstić information content (AvgIpc) is 2.43. The SMILES string of the molecule is CC(C)(C)OC(=O)C1(C)OCCN(Cc2ccccc2)C1N. The van der Waals surface area contributed by atoms with Crippen LogP contribution in [0.3, 0.4) is 0 Å². The van der Waals surface area contributed by atoms with Crippen molar-refractivity contribution in [2.24, 2.45) is 5.73 Å². The Bertz CT molecular complexity index is 512. The Morgan fingerprint density at radius 1 is 1.41 bits per heavy atom. The summed E-state index contributed by atoms with van der Waals surface area (Å²) in [6.45, 7) is 9.05. The van der Waals surface area contributed by atoms with Crippen LogP contribution in [0.4, 0.5) is 0 Å². The molecule has 1 aromatic rings. The fourth-order valence-electron chi connectivity index (χ4n) is 2.50. The monoisotopic (exact) mass is 306 g/mol. The van der Waals surface area contributed by atoms with Gasteiger partial charge in [-0.15, -0.1) is 0 Å². The zero-order chi connectivity index (χ0) is 16.4. The molecule has 1 aromatic carbocycles. The van der Waals surface area contributed by atoms with Gasteiger partial charge in [-0.25, -0.2) is 4.79 Å². The van der Waals surface area contributed by atoms with Gasteiger partial charge in [0.1, 0.15) is 5.60 Å². The van der Waals surface area contributed by atoms with E-state index in [2.05, 4.69) is 4.90 Å². The molecular formula is C17H26N2O3. The third kappa shape index (κ3) is 3.85. The lowest BCUT2D eigenvalue weighted by Gasteiger charge is -2.45. The van der Waals surface area contributed by atoms with Gasteiger partial charge < -0.3 is 15.2 Å². The first-order valence-electron chi connectivity index (χ1n) is 7.63.